The number of H-pyrrole nitrogens is 1. The number of carbonyl (C=O) groups excluding carboxylic acids is 1. The first-order valence-corrected chi connectivity index (χ1v) is 12.3. The van der Waals surface area contributed by atoms with E-state index >= 15 is 0 Å². The molecule has 3 rings (SSSR count). The number of hydrogen-bond acceptors (Lipinski definition) is 6. The number of amides is 1. The van der Waals surface area contributed by atoms with Gasteiger partial charge in [-0.2, -0.15) is 0 Å². The van der Waals surface area contributed by atoms with Gasteiger partial charge in [0, 0.05) is 31.2 Å². The van der Waals surface area contributed by atoms with Crippen LogP contribution in [0.1, 0.15) is 35.2 Å². The quantitative estimate of drug-likeness (QED) is 0.473. The first-order valence-electron chi connectivity index (χ1n) is 10.4. The highest BCUT2D eigenvalue weighted by Crippen LogP contribution is 2.26. The van der Waals surface area contributed by atoms with Crippen LogP contribution in [0.3, 0.4) is 0 Å². The maximum absolute atomic E-state index is 12.4. The molecule has 6 nitrogen and oxygen atoms in total. The number of aryl methyl sites for hydroxylation is 3. The van der Waals surface area contributed by atoms with Crippen molar-refractivity contribution in [2.75, 3.05) is 25.5 Å². The lowest BCUT2D eigenvalue weighted by Gasteiger charge is -2.13. The maximum atomic E-state index is 12.4. The van der Waals surface area contributed by atoms with Crippen LogP contribution in [0, 0.1) is 13.8 Å². The van der Waals surface area contributed by atoms with Gasteiger partial charge >= 0.3 is 0 Å². The highest BCUT2D eigenvalue weighted by atomic mass is 32.2. The van der Waals surface area contributed by atoms with E-state index in [1.165, 1.54) is 34.3 Å². The zero-order valence-corrected chi connectivity index (χ0v) is 20.4. The second-order valence-corrected chi connectivity index (χ2v) is 10.4. The average molecular weight is 459 g/mol. The highest BCUT2D eigenvalue weighted by molar-refractivity contribution is 7.99. The molecule has 2 heterocycles. The minimum absolute atomic E-state index is 0.0131. The van der Waals surface area contributed by atoms with Crippen molar-refractivity contribution in [1.29, 1.82) is 0 Å². The first kappa shape index (κ1) is 23.3. The number of benzene rings is 1. The van der Waals surface area contributed by atoms with Gasteiger partial charge in [0.05, 0.1) is 16.4 Å². The van der Waals surface area contributed by atoms with E-state index in [9.17, 15) is 9.59 Å². The van der Waals surface area contributed by atoms with Crippen molar-refractivity contribution in [2.45, 2.75) is 44.6 Å². The molecule has 0 spiro atoms. The van der Waals surface area contributed by atoms with Gasteiger partial charge in [-0.25, -0.2) is 4.98 Å². The van der Waals surface area contributed by atoms with Crippen molar-refractivity contribution in [3.05, 3.63) is 56.4 Å². The Kier molecular flexibility index (Phi) is 7.78. The summed E-state index contributed by atoms with van der Waals surface area (Å²) in [7, 11) is 4.06. The van der Waals surface area contributed by atoms with Crippen molar-refractivity contribution in [3.63, 3.8) is 0 Å². The minimum Gasteiger partial charge on any atom is -0.378 e. The monoisotopic (exact) mass is 458 g/mol. The molecule has 0 saturated heterocycles. The number of carbonyl (C=O) groups is 1. The molecule has 0 aliphatic carbocycles. The summed E-state index contributed by atoms with van der Waals surface area (Å²) in [5.41, 5.74) is 3.35. The van der Waals surface area contributed by atoms with E-state index < -0.39 is 0 Å². The molecule has 1 atom stereocenters. The molecule has 31 heavy (non-hydrogen) atoms. The molecule has 1 amide bonds. The number of anilines is 1. The number of thioether (sulfide) groups is 1. The van der Waals surface area contributed by atoms with Crippen LogP contribution in [0.4, 0.5) is 5.69 Å². The number of nitrogens with zero attached hydrogens (tertiary/aromatic N) is 2. The molecule has 1 aromatic carbocycles. The number of fused-ring (bicyclic) bond motifs is 1. The Bertz CT molecular complexity index is 1100. The van der Waals surface area contributed by atoms with E-state index in [-0.39, 0.29) is 16.7 Å². The number of thiophene rings is 1. The third kappa shape index (κ3) is 5.89. The molecule has 3 aromatic rings. The van der Waals surface area contributed by atoms with Gasteiger partial charge in [0.15, 0.2) is 0 Å². The molecular weight excluding hydrogens is 428 g/mol. The smallest absolute Gasteiger partial charge is 0.259 e. The SMILES string of the molecule is Cc1sc2nc(CSC(C)C(=O)NCCCc3ccc(N(C)C)cc3)[nH]c(=O)c2c1C. The van der Waals surface area contributed by atoms with Gasteiger partial charge in [-0.3, -0.25) is 9.59 Å². The summed E-state index contributed by atoms with van der Waals surface area (Å²) in [5.74, 6) is 1.12. The van der Waals surface area contributed by atoms with E-state index in [0.29, 0.717) is 23.5 Å². The summed E-state index contributed by atoms with van der Waals surface area (Å²) in [6, 6.07) is 8.50. The van der Waals surface area contributed by atoms with Crippen molar-refractivity contribution >= 4 is 44.9 Å². The van der Waals surface area contributed by atoms with Crippen LogP contribution < -0.4 is 15.8 Å². The molecule has 0 saturated carbocycles. The molecule has 0 bridgehead atoms. The first-order chi connectivity index (χ1) is 14.8. The Labute approximate surface area is 191 Å². The Morgan fingerprint density at radius 3 is 2.65 bits per heavy atom. The van der Waals surface area contributed by atoms with E-state index in [0.717, 1.165) is 28.1 Å². The fourth-order valence-electron chi connectivity index (χ4n) is 3.26. The highest BCUT2D eigenvalue weighted by Gasteiger charge is 2.16. The zero-order chi connectivity index (χ0) is 22.5. The third-order valence-corrected chi connectivity index (χ3v) is 7.58. The van der Waals surface area contributed by atoms with Crippen LogP contribution in [0.2, 0.25) is 0 Å². The summed E-state index contributed by atoms with van der Waals surface area (Å²) in [5, 5.41) is 3.48. The molecule has 0 aliphatic heterocycles. The topological polar surface area (TPSA) is 78.1 Å². The Morgan fingerprint density at radius 1 is 1.26 bits per heavy atom. The zero-order valence-electron chi connectivity index (χ0n) is 18.7. The van der Waals surface area contributed by atoms with Gasteiger partial charge < -0.3 is 15.2 Å². The number of hydrogen-bond donors (Lipinski definition) is 2. The van der Waals surface area contributed by atoms with Crippen molar-refractivity contribution in [1.82, 2.24) is 15.3 Å². The van der Waals surface area contributed by atoms with Crippen LogP contribution >= 0.6 is 23.1 Å². The molecule has 0 radical (unpaired) electrons. The number of aromatic nitrogens is 2. The molecule has 166 valence electrons. The summed E-state index contributed by atoms with van der Waals surface area (Å²) >= 11 is 3.02. The van der Waals surface area contributed by atoms with Crippen LogP contribution in [0.25, 0.3) is 10.2 Å². The van der Waals surface area contributed by atoms with E-state index in [4.69, 9.17) is 0 Å². The molecule has 0 fully saturated rings. The number of nitrogens with one attached hydrogen (secondary N) is 2. The van der Waals surface area contributed by atoms with Gasteiger partial charge in [0.1, 0.15) is 10.7 Å². The summed E-state index contributed by atoms with van der Waals surface area (Å²) in [6.45, 7) is 6.48. The van der Waals surface area contributed by atoms with Gasteiger partial charge in [0.25, 0.3) is 5.56 Å². The van der Waals surface area contributed by atoms with Crippen molar-refractivity contribution < 1.29 is 4.79 Å². The Morgan fingerprint density at radius 2 is 1.97 bits per heavy atom. The fraction of sp³-hybridized carbons (Fsp3) is 0.435. The molecule has 8 heteroatoms. The van der Waals surface area contributed by atoms with Crippen LogP contribution in [-0.2, 0) is 17.0 Å². The third-order valence-electron chi connectivity index (χ3n) is 5.32. The van der Waals surface area contributed by atoms with Gasteiger partial charge in [0.2, 0.25) is 5.91 Å². The lowest BCUT2D eigenvalue weighted by Crippen LogP contribution is -2.32. The van der Waals surface area contributed by atoms with Crippen molar-refractivity contribution in [2.24, 2.45) is 0 Å². The summed E-state index contributed by atoms with van der Waals surface area (Å²) in [4.78, 5) is 36.2. The Balaban J connectivity index is 1.44. The molecule has 2 aromatic heterocycles. The second kappa shape index (κ2) is 10.3. The molecule has 0 aliphatic rings. The second-order valence-electron chi connectivity index (χ2n) is 7.88. The molecule has 1 unspecified atom stereocenters. The Hall–Kier alpha value is -2.32. The molecule has 2 N–H and O–H groups in total. The van der Waals surface area contributed by atoms with Crippen molar-refractivity contribution in [3.8, 4) is 0 Å². The summed E-state index contributed by atoms with van der Waals surface area (Å²) < 4.78 is 0. The minimum atomic E-state index is -0.216. The van der Waals surface area contributed by atoms with E-state index in [2.05, 4.69) is 44.5 Å². The van der Waals surface area contributed by atoms with E-state index in [1.54, 1.807) is 0 Å². The number of rotatable bonds is 9. The van der Waals surface area contributed by atoms with Gasteiger partial charge in [-0.15, -0.1) is 23.1 Å². The van der Waals surface area contributed by atoms with E-state index in [1.807, 2.05) is 34.9 Å². The average Bonchev–Trinajstić information content (AvgIpc) is 3.03. The standard InChI is InChI=1S/C23H30N4O2S2/c1-14-15(2)31-23-20(14)22(29)25-19(26-23)13-30-16(3)21(28)24-12-6-7-17-8-10-18(11-9-17)27(4)5/h8-11,16H,6-7,12-13H2,1-5H3,(H,24,28)(H,25,26,29). The van der Waals surface area contributed by atoms with Gasteiger partial charge in [-0.1, -0.05) is 12.1 Å². The lowest BCUT2D eigenvalue weighted by atomic mass is 10.1. The van der Waals surface area contributed by atoms with Gasteiger partial charge in [-0.05, 0) is 56.9 Å². The predicted octanol–water partition coefficient (Wildman–Crippen LogP) is 4.04. The number of aromatic amines is 1. The van der Waals surface area contributed by atoms with Crippen LogP contribution in [0.5, 0.6) is 0 Å². The predicted molar refractivity (Wildman–Crippen MR) is 133 cm³/mol. The maximum Gasteiger partial charge on any atom is 0.259 e. The summed E-state index contributed by atoms with van der Waals surface area (Å²) in [6.07, 6.45) is 1.83. The normalized spacial score (nSPS) is 12.2. The van der Waals surface area contributed by atoms with Crippen LogP contribution in [0.15, 0.2) is 29.1 Å². The fourth-order valence-corrected chi connectivity index (χ4v) is 5.08. The lowest BCUT2D eigenvalue weighted by molar-refractivity contribution is -0.120. The van der Waals surface area contributed by atoms with Crippen LogP contribution in [-0.4, -0.2) is 41.8 Å². The largest absolute Gasteiger partial charge is 0.378 e. The molecular formula is C23H30N4O2S2.